The molecule has 1 aromatic rings. The molecule has 1 aromatic heterocycles. The minimum Gasteiger partial charge on any atom is -0.314 e. The molecule has 0 aromatic carbocycles. The van der Waals surface area contributed by atoms with Crippen LogP contribution in [0, 0.1) is 6.92 Å². The Morgan fingerprint density at radius 2 is 2.00 bits per heavy atom. The first-order valence-corrected chi connectivity index (χ1v) is 7.80. The van der Waals surface area contributed by atoms with Crippen molar-refractivity contribution in [2.75, 3.05) is 6.54 Å². The molecule has 1 rings (SSSR count). The summed E-state index contributed by atoms with van der Waals surface area (Å²) < 4.78 is 3.18. The first kappa shape index (κ1) is 15.7. The van der Waals surface area contributed by atoms with E-state index in [1.165, 1.54) is 35.8 Å². The molecule has 0 fully saturated rings. The zero-order valence-electron chi connectivity index (χ0n) is 12.1. The van der Waals surface area contributed by atoms with Crippen LogP contribution in [0.15, 0.2) is 4.47 Å². The summed E-state index contributed by atoms with van der Waals surface area (Å²) >= 11 is 3.64. The maximum Gasteiger partial charge on any atom is 0.0738 e. The predicted molar refractivity (Wildman–Crippen MR) is 81.0 cm³/mol. The number of hydrogen-bond donors (Lipinski definition) is 1. The molecule has 1 unspecified atom stereocenters. The van der Waals surface area contributed by atoms with Gasteiger partial charge in [-0.3, -0.25) is 4.68 Å². The summed E-state index contributed by atoms with van der Waals surface area (Å²) in [5, 5.41) is 8.09. The van der Waals surface area contributed by atoms with E-state index in [9.17, 15) is 0 Å². The van der Waals surface area contributed by atoms with Crippen LogP contribution in [0.25, 0.3) is 0 Å². The number of rotatable bonds is 8. The van der Waals surface area contributed by atoms with Crippen LogP contribution in [0.2, 0.25) is 0 Å². The Labute approximate surface area is 119 Å². The number of aryl methyl sites for hydroxylation is 2. The van der Waals surface area contributed by atoms with Gasteiger partial charge in [0, 0.05) is 13.1 Å². The van der Waals surface area contributed by atoms with Gasteiger partial charge in [0.15, 0.2) is 0 Å². The van der Waals surface area contributed by atoms with E-state index in [2.05, 4.69) is 40.2 Å². The second kappa shape index (κ2) is 7.95. The fourth-order valence-electron chi connectivity index (χ4n) is 2.31. The van der Waals surface area contributed by atoms with Crippen LogP contribution in [0.3, 0.4) is 0 Å². The molecular formula is C14H26BrN3. The van der Waals surface area contributed by atoms with Crippen molar-refractivity contribution in [1.82, 2.24) is 15.1 Å². The topological polar surface area (TPSA) is 29.9 Å². The van der Waals surface area contributed by atoms with Crippen molar-refractivity contribution in [3.63, 3.8) is 0 Å². The Kier molecular flexibility index (Phi) is 6.94. The molecule has 0 aliphatic carbocycles. The molecule has 0 bridgehead atoms. The van der Waals surface area contributed by atoms with Crippen LogP contribution in [0.5, 0.6) is 0 Å². The predicted octanol–water partition coefficient (Wildman–Crippen LogP) is 3.59. The van der Waals surface area contributed by atoms with Gasteiger partial charge in [0.05, 0.1) is 15.9 Å². The average Bonchev–Trinajstić information content (AvgIpc) is 2.58. The van der Waals surface area contributed by atoms with E-state index in [4.69, 9.17) is 0 Å². The van der Waals surface area contributed by atoms with E-state index in [0.717, 1.165) is 18.7 Å². The zero-order valence-corrected chi connectivity index (χ0v) is 13.7. The molecule has 1 heterocycles. The molecule has 0 aliphatic heterocycles. The third-order valence-corrected chi connectivity index (χ3v) is 4.34. The molecule has 0 aliphatic rings. The standard InChI is InChI=1S/C14H26BrN3/c1-5-7-12(16-10-6-2)8-9-13-14(15)11(3)17-18(13)4/h12,16H,5-10H2,1-4H3. The lowest BCUT2D eigenvalue weighted by atomic mass is 10.0. The second-order valence-electron chi connectivity index (χ2n) is 4.95. The summed E-state index contributed by atoms with van der Waals surface area (Å²) in [6.45, 7) is 7.64. The van der Waals surface area contributed by atoms with Crippen LogP contribution in [0.1, 0.15) is 50.9 Å². The van der Waals surface area contributed by atoms with E-state index in [-0.39, 0.29) is 0 Å². The zero-order chi connectivity index (χ0) is 13.5. The highest BCUT2D eigenvalue weighted by Crippen LogP contribution is 2.22. The molecular weight excluding hydrogens is 290 g/mol. The summed E-state index contributed by atoms with van der Waals surface area (Å²) in [6.07, 6.45) is 5.97. The number of hydrogen-bond acceptors (Lipinski definition) is 2. The smallest absolute Gasteiger partial charge is 0.0738 e. The lowest BCUT2D eigenvalue weighted by Gasteiger charge is -2.17. The molecule has 18 heavy (non-hydrogen) atoms. The van der Waals surface area contributed by atoms with Gasteiger partial charge >= 0.3 is 0 Å². The van der Waals surface area contributed by atoms with Crippen molar-refractivity contribution in [3.8, 4) is 0 Å². The molecule has 0 spiro atoms. The lowest BCUT2D eigenvalue weighted by molar-refractivity contribution is 0.444. The molecule has 0 radical (unpaired) electrons. The Morgan fingerprint density at radius 1 is 1.28 bits per heavy atom. The quantitative estimate of drug-likeness (QED) is 0.794. The number of aromatic nitrogens is 2. The Balaban J connectivity index is 2.55. The van der Waals surface area contributed by atoms with E-state index >= 15 is 0 Å². The van der Waals surface area contributed by atoms with Crippen LogP contribution in [-0.2, 0) is 13.5 Å². The van der Waals surface area contributed by atoms with Gasteiger partial charge in [0.1, 0.15) is 0 Å². The molecule has 104 valence electrons. The third kappa shape index (κ3) is 4.39. The minimum atomic E-state index is 0.636. The van der Waals surface area contributed by atoms with E-state index in [1.54, 1.807) is 0 Å². The van der Waals surface area contributed by atoms with Crippen LogP contribution in [0.4, 0.5) is 0 Å². The summed E-state index contributed by atoms with van der Waals surface area (Å²) in [6, 6.07) is 0.636. The van der Waals surface area contributed by atoms with Crippen molar-refractivity contribution >= 4 is 15.9 Å². The molecule has 4 heteroatoms. The molecule has 0 saturated heterocycles. The Morgan fingerprint density at radius 3 is 2.50 bits per heavy atom. The highest BCUT2D eigenvalue weighted by Gasteiger charge is 2.13. The van der Waals surface area contributed by atoms with Gasteiger partial charge in [-0.15, -0.1) is 0 Å². The highest BCUT2D eigenvalue weighted by molar-refractivity contribution is 9.10. The first-order valence-electron chi connectivity index (χ1n) is 7.01. The van der Waals surface area contributed by atoms with Crippen molar-refractivity contribution in [2.24, 2.45) is 7.05 Å². The Hall–Kier alpha value is -0.350. The van der Waals surface area contributed by atoms with Crippen molar-refractivity contribution in [1.29, 1.82) is 0 Å². The van der Waals surface area contributed by atoms with Gasteiger partial charge in [-0.1, -0.05) is 20.3 Å². The highest BCUT2D eigenvalue weighted by atomic mass is 79.9. The van der Waals surface area contributed by atoms with Crippen molar-refractivity contribution in [2.45, 2.75) is 58.9 Å². The lowest BCUT2D eigenvalue weighted by Crippen LogP contribution is -2.30. The van der Waals surface area contributed by atoms with E-state index < -0.39 is 0 Å². The Bertz CT molecular complexity index is 360. The molecule has 3 nitrogen and oxygen atoms in total. The molecule has 1 atom stereocenters. The molecule has 0 amide bonds. The summed E-state index contributed by atoms with van der Waals surface area (Å²) in [5.74, 6) is 0. The van der Waals surface area contributed by atoms with Gasteiger partial charge in [-0.2, -0.15) is 5.10 Å². The summed E-state index contributed by atoms with van der Waals surface area (Å²) in [5.41, 5.74) is 2.40. The van der Waals surface area contributed by atoms with Gasteiger partial charge in [-0.05, 0) is 55.1 Å². The molecule has 0 saturated carbocycles. The normalized spacial score (nSPS) is 12.9. The maximum absolute atomic E-state index is 4.45. The summed E-state index contributed by atoms with van der Waals surface area (Å²) in [4.78, 5) is 0. The van der Waals surface area contributed by atoms with Crippen molar-refractivity contribution in [3.05, 3.63) is 15.9 Å². The first-order chi connectivity index (χ1) is 8.60. The average molecular weight is 316 g/mol. The van der Waals surface area contributed by atoms with Crippen LogP contribution >= 0.6 is 15.9 Å². The number of nitrogens with zero attached hydrogens (tertiary/aromatic N) is 2. The monoisotopic (exact) mass is 315 g/mol. The second-order valence-corrected chi connectivity index (χ2v) is 5.74. The van der Waals surface area contributed by atoms with E-state index in [1.807, 2.05) is 18.7 Å². The SMILES string of the molecule is CCCNC(CCC)CCc1c(Br)c(C)nn1C. The van der Waals surface area contributed by atoms with Crippen LogP contribution in [-0.4, -0.2) is 22.4 Å². The largest absolute Gasteiger partial charge is 0.314 e. The van der Waals surface area contributed by atoms with Crippen molar-refractivity contribution < 1.29 is 0 Å². The van der Waals surface area contributed by atoms with E-state index in [0.29, 0.717) is 6.04 Å². The van der Waals surface area contributed by atoms with Gasteiger partial charge in [0.25, 0.3) is 0 Å². The van der Waals surface area contributed by atoms with Gasteiger partial charge in [0.2, 0.25) is 0 Å². The minimum absolute atomic E-state index is 0.636. The van der Waals surface area contributed by atoms with Crippen LogP contribution < -0.4 is 5.32 Å². The van der Waals surface area contributed by atoms with Gasteiger partial charge < -0.3 is 5.32 Å². The summed E-state index contributed by atoms with van der Waals surface area (Å²) in [7, 11) is 2.03. The molecule has 1 N–H and O–H groups in total. The number of nitrogens with one attached hydrogen (secondary N) is 1. The fourth-order valence-corrected chi connectivity index (χ4v) is 2.84. The maximum atomic E-state index is 4.45. The fraction of sp³-hybridized carbons (Fsp3) is 0.786. The third-order valence-electron chi connectivity index (χ3n) is 3.31. The number of halogens is 1. The van der Waals surface area contributed by atoms with Gasteiger partial charge in [-0.25, -0.2) is 0 Å².